The van der Waals surface area contributed by atoms with Crippen LogP contribution in [0, 0.1) is 5.92 Å². The Kier molecular flexibility index (Phi) is 4.27. The van der Waals surface area contributed by atoms with Crippen LogP contribution < -0.4 is 10.1 Å². The van der Waals surface area contributed by atoms with E-state index in [2.05, 4.69) is 29.6 Å². The third kappa shape index (κ3) is 2.99. The van der Waals surface area contributed by atoms with Gasteiger partial charge in [0.1, 0.15) is 5.75 Å². The second-order valence-corrected chi connectivity index (χ2v) is 6.07. The molecule has 1 aromatic carbocycles. The Balaban J connectivity index is 1.71. The summed E-state index contributed by atoms with van der Waals surface area (Å²) in [6, 6.07) is 9.51. The molecule has 0 heterocycles. The Hall–Kier alpha value is -1.06. The summed E-state index contributed by atoms with van der Waals surface area (Å²) in [5.74, 6) is 1.72. The Labute approximate surface area is 121 Å². The average molecular weight is 275 g/mol. The van der Waals surface area contributed by atoms with Gasteiger partial charge in [-0.3, -0.25) is 0 Å². The number of rotatable bonds is 6. The molecule has 20 heavy (non-hydrogen) atoms. The molecule has 3 nitrogen and oxygen atoms in total. The van der Waals surface area contributed by atoms with E-state index in [1.54, 1.807) is 7.11 Å². The maximum Gasteiger partial charge on any atom is 0.118 e. The topological polar surface area (TPSA) is 30.5 Å². The van der Waals surface area contributed by atoms with Gasteiger partial charge in [-0.05, 0) is 55.7 Å². The molecular formula is C17H25NO2. The van der Waals surface area contributed by atoms with Crippen molar-refractivity contribution in [2.24, 2.45) is 5.92 Å². The van der Waals surface area contributed by atoms with E-state index in [4.69, 9.17) is 9.47 Å². The maximum atomic E-state index is 5.61. The molecule has 0 aromatic heterocycles. The van der Waals surface area contributed by atoms with Gasteiger partial charge >= 0.3 is 0 Å². The van der Waals surface area contributed by atoms with E-state index in [-0.39, 0.29) is 0 Å². The molecule has 2 fully saturated rings. The summed E-state index contributed by atoms with van der Waals surface area (Å²) in [6.45, 7) is 0. The third-order valence-corrected chi connectivity index (χ3v) is 4.72. The highest BCUT2D eigenvalue weighted by molar-refractivity contribution is 5.30. The van der Waals surface area contributed by atoms with Crippen LogP contribution in [0.2, 0.25) is 0 Å². The van der Waals surface area contributed by atoms with Crippen LogP contribution in [0.3, 0.4) is 0 Å². The lowest BCUT2D eigenvalue weighted by Crippen LogP contribution is -2.40. The van der Waals surface area contributed by atoms with Crippen LogP contribution in [0.1, 0.15) is 43.7 Å². The molecule has 0 saturated heterocycles. The molecule has 0 aliphatic heterocycles. The lowest BCUT2D eigenvalue weighted by atomic mass is 10.0. The van der Waals surface area contributed by atoms with E-state index in [1.807, 2.05) is 7.11 Å². The maximum absolute atomic E-state index is 5.61. The molecule has 3 rings (SSSR count). The monoisotopic (exact) mass is 275 g/mol. The quantitative estimate of drug-likeness (QED) is 0.864. The Bertz CT molecular complexity index is 427. The van der Waals surface area contributed by atoms with Gasteiger partial charge in [0.15, 0.2) is 0 Å². The van der Waals surface area contributed by atoms with Crippen molar-refractivity contribution in [3.63, 3.8) is 0 Å². The highest BCUT2D eigenvalue weighted by Crippen LogP contribution is 2.42. The summed E-state index contributed by atoms with van der Waals surface area (Å²) in [7, 11) is 3.55. The van der Waals surface area contributed by atoms with Gasteiger partial charge in [-0.2, -0.15) is 0 Å². The number of hydrogen-bond donors (Lipinski definition) is 1. The fourth-order valence-electron chi connectivity index (χ4n) is 3.37. The third-order valence-electron chi connectivity index (χ3n) is 4.72. The van der Waals surface area contributed by atoms with E-state index >= 15 is 0 Å². The molecule has 2 saturated carbocycles. The fourth-order valence-corrected chi connectivity index (χ4v) is 3.37. The first kappa shape index (κ1) is 13.9. The zero-order valence-electron chi connectivity index (χ0n) is 12.5. The van der Waals surface area contributed by atoms with E-state index in [9.17, 15) is 0 Å². The van der Waals surface area contributed by atoms with Crippen molar-refractivity contribution in [1.82, 2.24) is 5.32 Å². The average Bonchev–Trinajstić information content (AvgIpc) is 3.24. The van der Waals surface area contributed by atoms with Crippen molar-refractivity contribution in [2.45, 2.75) is 50.3 Å². The second-order valence-electron chi connectivity index (χ2n) is 6.07. The van der Waals surface area contributed by atoms with Crippen LogP contribution in [0.4, 0.5) is 0 Å². The van der Waals surface area contributed by atoms with Gasteiger partial charge < -0.3 is 14.8 Å². The standard InChI is InChI=1S/C17H25NO2/c1-19-14-10-8-13(9-11-14)17(12-6-7-12)18-15-4-3-5-16(15)20-2/h8-12,15-18H,3-7H2,1-2H3. The van der Waals surface area contributed by atoms with Gasteiger partial charge in [-0.1, -0.05) is 12.1 Å². The number of nitrogens with one attached hydrogen (secondary N) is 1. The van der Waals surface area contributed by atoms with E-state index in [0.29, 0.717) is 18.2 Å². The Morgan fingerprint density at radius 3 is 2.40 bits per heavy atom. The van der Waals surface area contributed by atoms with Crippen LogP contribution >= 0.6 is 0 Å². The first-order valence-corrected chi connectivity index (χ1v) is 7.74. The smallest absolute Gasteiger partial charge is 0.118 e. The summed E-state index contributed by atoms with van der Waals surface area (Å²) < 4.78 is 10.9. The van der Waals surface area contributed by atoms with E-state index < -0.39 is 0 Å². The summed E-state index contributed by atoms with van der Waals surface area (Å²) in [5.41, 5.74) is 1.38. The molecule has 0 bridgehead atoms. The molecule has 1 aromatic rings. The van der Waals surface area contributed by atoms with Crippen LogP contribution in [0.15, 0.2) is 24.3 Å². The minimum atomic E-state index is 0.384. The number of hydrogen-bond acceptors (Lipinski definition) is 3. The summed E-state index contributed by atoms with van der Waals surface area (Å²) >= 11 is 0. The highest BCUT2D eigenvalue weighted by Gasteiger charge is 2.36. The number of methoxy groups -OCH3 is 2. The zero-order valence-corrected chi connectivity index (χ0v) is 12.5. The number of benzene rings is 1. The van der Waals surface area contributed by atoms with Crippen molar-refractivity contribution < 1.29 is 9.47 Å². The fraction of sp³-hybridized carbons (Fsp3) is 0.647. The van der Waals surface area contributed by atoms with Crippen LogP contribution in [0.25, 0.3) is 0 Å². The minimum absolute atomic E-state index is 0.384. The Morgan fingerprint density at radius 2 is 1.80 bits per heavy atom. The molecule has 0 spiro atoms. The first-order chi connectivity index (χ1) is 9.81. The van der Waals surface area contributed by atoms with Crippen molar-refractivity contribution in [1.29, 1.82) is 0 Å². The van der Waals surface area contributed by atoms with Gasteiger partial charge in [-0.25, -0.2) is 0 Å². The van der Waals surface area contributed by atoms with Gasteiger partial charge in [0.2, 0.25) is 0 Å². The molecule has 3 unspecified atom stereocenters. The predicted octanol–water partition coefficient (Wildman–Crippen LogP) is 3.30. The second kappa shape index (κ2) is 6.15. The van der Waals surface area contributed by atoms with Crippen LogP contribution in [0.5, 0.6) is 5.75 Å². The molecule has 110 valence electrons. The van der Waals surface area contributed by atoms with Gasteiger partial charge in [-0.15, -0.1) is 0 Å². The van der Waals surface area contributed by atoms with Gasteiger partial charge in [0, 0.05) is 19.2 Å². The summed E-state index contributed by atoms with van der Waals surface area (Å²) in [4.78, 5) is 0. The van der Waals surface area contributed by atoms with Crippen molar-refractivity contribution in [3.8, 4) is 5.75 Å². The van der Waals surface area contributed by atoms with Crippen molar-refractivity contribution in [2.75, 3.05) is 14.2 Å². The Morgan fingerprint density at radius 1 is 1.05 bits per heavy atom. The molecule has 0 radical (unpaired) electrons. The SMILES string of the molecule is COc1ccc(C(NC2CCCC2OC)C2CC2)cc1. The van der Waals surface area contributed by atoms with Crippen LogP contribution in [-0.4, -0.2) is 26.4 Å². The van der Waals surface area contributed by atoms with E-state index in [1.165, 1.54) is 37.7 Å². The lowest BCUT2D eigenvalue weighted by Gasteiger charge is -2.27. The largest absolute Gasteiger partial charge is 0.497 e. The molecule has 0 amide bonds. The zero-order chi connectivity index (χ0) is 13.9. The molecule has 3 atom stereocenters. The van der Waals surface area contributed by atoms with Gasteiger partial charge in [0.05, 0.1) is 13.2 Å². The lowest BCUT2D eigenvalue weighted by molar-refractivity contribution is 0.0801. The first-order valence-electron chi connectivity index (χ1n) is 7.74. The molecule has 2 aliphatic rings. The molecule has 1 N–H and O–H groups in total. The van der Waals surface area contributed by atoms with Crippen molar-refractivity contribution >= 4 is 0 Å². The molecule has 3 heteroatoms. The summed E-state index contributed by atoms with van der Waals surface area (Å²) in [5, 5.41) is 3.87. The van der Waals surface area contributed by atoms with E-state index in [0.717, 1.165) is 11.7 Å². The highest BCUT2D eigenvalue weighted by atomic mass is 16.5. The minimum Gasteiger partial charge on any atom is -0.497 e. The summed E-state index contributed by atoms with van der Waals surface area (Å²) in [6.07, 6.45) is 6.76. The normalized spacial score (nSPS) is 27.5. The number of ether oxygens (including phenoxy) is 2. The van der Waals surface area contributed by atoms with Crippen molar-refractivity contribution in [3.05, 3.63) is 29.8 Å². The predicted molar refractivity (Wildman–Crippen MR) is 80.0 cm³/mol. The molecular weight excluding hydrogens is 250 g/mol. The van der Waals surface area contributed by atoms with Crippen LogP contribution in [-0.2, 0) is 4.74 Å². The molecule has 2 aliphatic carbocycles. The van der Waals surface area contributed by atoms with Gasteiger partial charge in [0.25, 0.3) is 0 Å².